The lowest BCUT2D eigenvalue weighted by Gasteiger charge is -2.12. The van der Waals surface area contributed by atoms with Crippen molar-refractivity contribution in [1.29, 1.82) is 0 Å². The topological polar surface area (TPSA) is 72.8 Å². The van der Waals surface area contributed by atoms with Crippen LogP contribution in [0.25, 0.3) is 0 Å². The zero-order valence-corrected chi connectivity index (χ0v) is 9.27. The van der Waals surface area contributed by atoms with E-state index in [0.717, 1.165) is 18.2 Å². The molecule has 0 radical (unpaired) electrons. The van der Waals surface area contributed by atoms with E-state index < -0.39 is 23.9 Å². The number of carbonyl (C=O) groups excluding carboxylic acids is 1. The Kier molecular flexibility index (Phi) is 4.03. The van der Waals surface area contributed by atoms with Gasteiger partial charge < -0.3 is 14.6 Å². The molecule has 1 rings (SSSR count). The zero-order chi connectivity index (χ0) is 13.0. The summed E-state index contributed by atoms with van der Waals surface area (Å²) in [7, 11) is 1.19. The van der Waals surface area contributed by atoms with Crippen molar-refractivity contribution in [2.75, 3.05) is 7.11 Å². The van der Waals surface area contributed by atoms with Crippen LogP contribution in [0.2, 0.25) is 0 Å². The maximum Gasteiger partial charge on any atom is 0.346 e. The molecule has 0 heterocycles. The smallest absolute Gasteiger partial charge is 0.346 e. The molecule has 1 unspecified atom stereocenters. The summed E-state index contributed by atoms with van der Waals surface area (Å²) in [6.07, 6.45) is -0.941. The van der Waals surface area contributed by atoms with Crippen molar-refractivity contribution in [2.45, 2.75) is 13.0 Å². The van der Waals surface area contributed by atoms with Crippen LogP contribution in [0.3, 0.4) is 0 Å². The van der Waals surface area contributed by atoms with Crippen LogP contribution >= 0.6 is 0 Å². The molecule has 5 nitrogen and oxygen atoms in total. The highest BCUT2D eigenvalue weighted by Gasteiger charge is 2.16. The summed E-state index contributed by atoms with van der Waals surface area (Å²) in [6, 6.07) is 2.98. The molecule has 1 aromatic carbocycles. The van der Waals surface area contributed by atoms with Gasteiger partial charge in [-0.3, -0.25) is 0 Å². The quantitative estimate of drug-likeness (QED) is 0.809. The number of methoxy groups -OCH3 is 1. The van der Waals surface area contributed by atoms with Crippen molar-refractivity contribution < 1.29 is 28.6 Å². The molecule has 17 heavy (non-hydrogen) atoms. The molecule has 1 atom stereocenters. The fourth-order valence-electron chi connectivity index (χ4n) is 1.17. The van der Waals surface area contributed by atoms with Gasteiger partial charge in [0.25, 0.3) is 0 Å². The molecule has 0 amide bonds. The number of carboxylic acids is 1. The van der Waals surface area contributed by atoms with Crippen LogP contribution < -0.4 is 4.74 Å². The van der Waals surface area contributed by atoms with Crippen LogP contribution in [0.4, 0.5) is 4.39 Å². The van der Waals surface area contributed by atoms with Crippen LogP contribution in [0.5, 0.6) is 5.75 Å². The summed E-state index contributed by atoms with van der Waals surface area (Å²) >= 11 is 0. The second-order valence-corrected chi connectivity index (χ2v) is 3.26. The Labute approximate surface area is 96.8 Å². The van der Waals surface area contributed by atoms with Crippen molar-refractivity contribution in [2.24, 2.45) is 0 Å². The third kappa shape index (κ3) is 3.44. The van der Waals surface area contributed by atoms with E-state index in [9.17, 15) is 14.0 Å². The van der Waals surface area contributed by atoms with E-state index in [0.29, 0.717) is 0 Å². The molecule has 0 fully saturated rings. The molecule has 0 bridgehead atoms. The molecule has 6 heteroatoms. The standard InChI is InChI=1S/C11H11FO5/c1-6(11(15)16-2)17-9-4-7(10(13)14)3-8(12)5-9/h3-6H,1-2H3,(H,13,14). The predicted molar refractivity (Wildman–Crippen MR) is 55.5 cm³/mol. The lowest BCUT2D eigenvalue weighted by atomic mass is 10.2. The van der Waals surface area contributed by atoms with Gasteiger partial charge in [0.1, 0.15) is 11.6 Å². The number of carboxylic acid groups (broad SMARTS) is 1. The Bertz CT molecular complexity index is 443. The number of benzene rings is 1. The minimum atomic E-state index is -1.28. The first kappa shape index (κ1) is 13.0. The number of carbonyl (C=O) groups is 2. The van der Waals surface area contributed by atoms with Crippen LogP contribution in [0, 0.1) is 5.82 Å². The van der Waals surface area contributed by atoms with E-state index in [2.05, 4.69) is 4.74 Å². The third-order valence-corrected chi connectivity index (χ3v) is 1.96. The second kappa shape index (κ2) is 5.29. The molecular weight excluding hydrogens is 231 g/mol. The normalized spacial score (nSPS) is 11.7. The van der Waals surface area contributed by atoms with E-state index in [1.807, 2.05) is 0 Å². The van der Waals surface area contributed by atoms with Gasteiger partial charge in [0.15, 0.2) is 6.10 Å². The van der Waals surface area contributed by atoms with Gasteiger partial charge in [-0.2, -0.15) is 0 Å². The van der Waals surface area contributed by atoms with Crippen molar-refractivity contribution in [3.8, 4) is 5.75 Å². The Morgan fingerprint density at radius 1 is 1.35 bits per heavy atom. The fraction of sp³-hybridized carbons (Fsp3) is 0.273. The average molecular weight is 242 g/mol. The van der Waals surface area contributed by atoms with E-state index in [-0.39, 0.29) is 11.3 Å². The first-order valence-electron chi connectivity index (χ1n) is 4.72. The summed E-state index contributed by atoms with van der Waals surface area (Å²) in [5.41, 5.74) is -0.253. The number of ether oxygens (including phenoxy) is 2. The van der Waals surface area contributed by atoms with Crippen LogP contribution in [-0.2, 0) is 9.53 Å². The fourth-order valence-corrected chi connectivity index (χ4v) is 1.17. The van der Waals surface area contributed by atoms with E-state index in [4.69, 9.17) is 9.84 Å². The van der Waals surface area contributed by atoms with Crippen molar-refractivity contribution in [3.05, 3.63) is 29.6 Å². The molecular formula is C11H11FO5. The van der Waals surface area contributed by atoms with Crippen molar-refractivity contribution in [3.63, 3.8) is 0 Å². The van der Waals surface area contributed by atoms with E-state index in [1.165, 1.54) is 14.0 Å². The summed E-state index contributed by atoms with van der Waals surface area (Å²) < 4.78 is 22.5. The summed E-state index contributed by atoms with van der Waals surface area (Å²) in [5, 5.41) is 8.71. The SMILES string of the molecule is COC(=O)C(C)Oc1cc(F)cc(C(=O)O)c1. The molecule has 1 N–H and O–H groups in total. The van der Waals surface area contributed by atoms with Gasteiger partial charge in [0.2, 0.25) is 0 Å². The number of hydrogen-bond acceptors (Lipinski definition) is 4. The minimum Gasteiger partial charge on any atom is -0.479 e. The first-order chi connectivity index (χ1) is 7.93. The lowest BCUT2D eigenvalue weighted by Crippen LogP contribution is -2.25. The van der Waals surface area contributed by atoms with Crippen molar-refractivity contribution >= 4 is 11.9 Å². The van der Waals surface area contributed by atoms with Gasteiger partial charge in [0, 0.05) is 6.07 Å². The highest BCUT2D eigenvalue weighted by Crippen LogP contribution is 2.18. The average Bonchev–Trinajstić information content (AvgIpc) is 2.26. The number of hydrogen-bond donors (Lipinski definition) is 1. The highest BCUT2D eigenvalue weighted by atomic mass is 19.1. The van der Waals surface area contributed by atoms with Crippen LogP contribution in [-0.4, -0.2) is 30.3 Å². The largest absolute Gasteiger partial charge is 0.479 e. The van der Waals surface area contributed by atoms with Gasteiger partial charge in [0.05, 0.1) is 12.7 Å². The summed E-state index contributed by atoms with van der Waals surface area (Å²) in [4.78, 5) is 21.7. The van der Waals surface area contributed by atoms with Gasteiger partial charge in [-0.1, -0.05) is 0 Å². The molecule has 0 aliphatic heterocycles. The predicted octanol–water partition coefficient (Wildman–Crippen LogP) is 1.46. The summed E-state index contributed by atoms with van der Waals surface area (Å²) in [5.74, 6) is -2.71. The molecule has 1 aromatic rings. The number of halogens is 1. The zero-order valence-electron chi connectivity index (χ0n) is 9.27. The molecule has 0 spiro atoms. The van der Waals surface area contributed by atoms with Crippen LogP contribution in [0.15, 0.2) is 18.2 Å². The maximum absolute atomic E-state index is 13.1. The Balaban J connectivity index is 2.91. The molecule has 0 saturated heterocycles. The van der Waals surface area contributed by atoms with E-state index >= 15 is 0 Å². The third-order valence-electron chi connectivity index (χ3n) is 1.96. The van der Waals surface area contributed by atoms with Gasteiger partial charge in [-0.25, -0.2) is 14.0 Å². The second-order valence-electron chi connectivity index (χ2n) is 3.26. The molecule has 0 aliphatic carbocycles. The summed E-state index contributed by atoms with van der Waals surface area (Å²) in [6.45, 7) is 1.41. The Morgan fingerprint density at radius 3 is 2.53 bits per heavy atom. The first-order valence-corrected chi connectivity index (χ1v) is 4.72. The number of aromatic carboxylic acids is 1. The number of esters is 1. The Hall–Kier alpha value is -2.11. The van der Waals surface area contributed by atoms with E-state index in [1.54, 1.807) is 0 Å². The van der Waals surface area contributed by atoms with Crippen LogP contribution in [0.1, 0.15) is 17.3 Å². The lowest BCUT2D eigenvalue weighted by molar-refractivity contribution is -0.147. The monoisotopic (exact) mass is 242 g/mol. The molecule has 92 valence electrons. The maximum atomic E-state index is 13.1. The molecule has 0 aromatic heterocycles. The van der Waals surface area contributed by atoms with Crippen molar-refractivity contribution in [1.82, 2.24) is 0 Å². The highest BCUT2D eigenvalue weighted by molar-refractivity contribution is 5.88. The van der Waals surface area contributed by atoms with Gasteiger partial charge >= 0.3 is 11.9 Å². The molecule has 0 aliphatic rings. The van der Waals surface area contributed by atoms with Gasteiger partial charge in [-0.15, -0.1) is 0 Å². The number of rotatable bonds is 4. The van der Waals surface area contributed by atoms with Gasteiger partial charge in [-0.05, 0) is 19.1 Å². The minimum absolute atomic E-state index is 0.0414. The molecule has 0 saturated carbocycles. The Morgan fingerprint density at radius 2 is 2.00 bits per heavy atom.